The highest BCUT2D eigenvalue weighted by Crippen LogP contribution is 2.30. The summed E-state index contributed by atoms with van der Waals surface area (Å²) in [6, 6.07) is 1.59. The Bertz CT molecular complexity index is 629. The highest BCUT2D eigenvalue weighted by Gasteiger charge is 2.37. The van der Waals surface area contributed by atoms with Crippen molar-refractivity contribution in [3.8, 4) is 0 Å². The maximum Gasteiger partial charge on any atom is 0.244 e. The third-order valence-corrected chi connectivity index (χ3v) is 5.35. The summed E-state index contributed by atoms with van der Waals surface area (Å²) in [5, 5.41) is 9.51. The lowest BCUT2D eigenvalue weighted by Gasteiger charge is -2.36. The summed E-state index contributed by atoms with van der Waals surface area (Å²) in [7, 11) is -4.31. The fraction of sp³-hybridized carbons (Fsp3) is 0.538. The van der Waals surface area contributed by atoms with Crippen LogP contribution in [-0.4, -0.2) is 25.7 Å². The van der Waals surface area contributed by atoms with E-state index in [4.69, 9.17) is 5.73 Å². The van der Waals surface area contributed by atoms with Crippen LogP contribution in [0.3, 0.4) is 0 Å². The predicted molar refractivity (Wildman–Crippen MR) is 74.0 cm³/mol. The van der Waals surface area contributed by atoms with Crippen molar-refractivity contribution in [2.75, 3.05) is 12.3 Å². The summed E-state index contributed by atoms with van der Waals surface area (Å²) in [6.45, 7) is -0.390. The van der Waals surface area contributed by atoms with Crippen LogP contribution < -0.4 is 10.5 Å². The number of anilines is 1. The zero-order valence-corrected chi connectivity index (χ0v) is 12.2. The Kier molecular flexibility index (Phi) is 4.50. The molecule has 8 heteroatoms. The summed E-state index contributed by atoms with van der Waals surface area (Å²) in [6.07, 6.45) is 3.38. The van der Waals surface area contributed by atoms with Crippen LogP contribution in [0.1, 0.15) is 32.1 Å². The van der Waals surface area contributed by atoms with Gasteiger partial charge in [-0.25, -0.2) is 21.9 Å². The van der Waals surface area contributed by atoms with Crippen molar-refractivity contribution in [2.24, 2.45) is 0 Å². The van der Waals surface area contributed by atoms with E-state index in [0.29, 0.717) is 12.8 Å². The van der Waals surface area contributed by atoms with Gasteiger partial charge in [0.2, 0.25) is 10.0 Å². The average molecular weight is 320 g/mol. The molecule has 0 aliphatic heterocycles. The maximum absolute atomic E-state index is 13.7. The molecule has 0 aromatic heterocycles. The van der Waals surface area contributed by atoms with Crippen molar-refractivity contribution >= 4 is 15.7 Å². The first-order chi connectivity index (χ1) is 9.80. The Morgan fingerprint density at radius 2 is 1.86 bits per heavy atom. The van der Waals surface area contributed by atoms with Gasteiger partial charge in [-0.3, -0.25) is 0 Å². The van der Waals surface area contributed by atoms with Gasteiger partial charge in [-0.1, -0.05) is 19.3 Å². The summed E-state index contributed by atoms with van der Waals surface area (Å²) in [4.78, 5) is -0.835. The van der Waals surface area contributed by atoms with E-state index in [0.717, 1.165) is 31.4 Å². The number of hydrogen-bond acceptors (Lipinski definition) is 4. The number of sulfonamides is 1. The van der Waals surface area contributed by atoms with Gasteiger partial charge >= 0.3 is 0 Å². The van der Waals surface area contributed by atoms with Gasteiger partial charge in [-0.05, 0) is 25.0 Å². The van der Waals surface area contributed by atoms with Crippen molar-refractivity contribution in [3.05, 3.63) is 23.8 Å². The Hall–Kier alpha value is -1.25. The largest absolute Gasteiger partial charge is 0.399 e. The van der Waals surface area contributed by atoms with E-state index in [1.165, 1.54) is 0 Å². The number of rotatable bonds is 4. The van der Waals surface area contributed by atoms with Crippen molar-refractivity contribution in [1.29, 1.82) is 0 Å². The first-order valence-corrected chi connectivity index (χ1v) is 8.17. The van der Waals surface area contributed by atoms with Gasteiger partial charge in [0.15, 0.2) is 11.6 Å². The second-order valence-electron chi connectivity index (χ2n) is 5.42. The van der Waals surface area contributed by atoms with Crippen molar-refractivity contribution in [3.63, 3.8) is 0 Å². The summed E-state index contributed by atoms with van der Waals surface area (Å²) >= 11 is 0. The third-order valence-electron chi connectivity index (χ3n) is 3.77. The normalized spacial score (nSPS) is 18.6. The Morgan fingerprint density at radius 1 is 1.24 bits per heavy atom. The number of nitrogen functional groups attached to an aromatic ring is 1. The number of aliphatic hydroxyl groups excluding tert-OH is 1. The molecule has 4 N–H and O–H groups in total. The highest BCUT2D eigenvalue weighted by atomic mass is 32.2. The SMILES string of the molecule is Nc1cc(F)c(F)c(S(=O)(=O)NC2(CO)CCCCC2)c1. The lowest BCUT2D eigenvalue weighted by atomic mass is 9.83. The summed E-state index contributed by atoms with van der Waals surface area (Å²) < 4.78 is 54.0. The Balaban J connectivity index is 2.38. The molecule has 21 heavy (non-hydrogen) atoms. The molecule has 1 aliphatic carbocycles. The smallest absolute Gasteiger partial charge is 0.244 e. The van der Waals surface area contributed by atoms with Crippen LogP contribution in [0.4, 0.5) is 14.5 Å². The van der Waals surface area contributed by atoms with Gasteiger partial charge in [-0.2, -0.15) is 0 Å². The molecule has 0 heterocycles. The predicted octanol–water partition coefficient (Wildman–Crippen LogP) is 1.52. The fourth-order valence-electron chi connectivity index (χ4n) is 2.64. The van der Waals surface area contributed by atoms with E-state index in [1.54, 1.807) is 0 Å². The Morgan fingerprint density at radius 3 is 2.43 bits per heavy atom. The lowest BCUT2D eigenvalue weighted by molar-refractivity contribution is 0.142. The third kappa shape index (κ3) is 3.33. The van der Waals surface area contributed by atoms with Gasteiger partial charge in [0.25, 0.3) is 0 Å². The van der Waals surface area contributed by atoms with E-state index in [2.05, 4.69) is 4.72 Å². The van der Waals surface area contributed by atoms with E-state index in [1.807, 2.05) is 0 Å². The van der Waals surface area contributed by atoms with E-state index in [9.17, 15) is 22.3 Å². The molecule has 1 aromatic carbocycles. The minimum atomic E-state index is -4.31. The molecule has 1 aromatic rings. The molecule has 1 fully saturated rings. The molecule has 0 unspecified atom stereocenters. The van der Waals surface area contributed by atoms with Gasteiger partial charge in [-0.15, -0.1) is 0 Å². The van der Waals surface area contributed by atoms with E-state index in [-0.39, 0.29) is 5.69 Å². The molecule has 2 rings (SSSR count). The molecule has 0 amide bonds. The Labute approximate surface area is 122 Å². The standard InChI is InChI=1S/C13H18F2N2O3S/c14-10-6-9(16)7-11(12(10)15)21(19,20)17-13(8-18)4-2-1-3-5-13/h6-7,17-18H,1-5,8,16H2. The molecule has 0 spiro atoms. The molecule has 0 atom stereocenters. The van der Waals surface area contributed by atoms with Crippen LogP contribution in [0.5, 0.6) is 0 Å². The quantitative estimate of drug-likeness (QED) is 0.733. The first kappa shape index (κ1) is 16.1. The average Bonchev–Trinajstić information content (AvgIpc) is 2.43. The molecule has 0 radical (unpaired) electrons. The number of benzene rings is 1. The monoisotopic (exact) mass is 320 g/mol. The topological polar surface area (TPSA) is 92.4 Å². The van der Waals surface area contributed by atoms with E-state index >= 15 is 0 Å². The number of halogens is 2. The van der Waals surface area contributed by atoms with E-state index < -0.39 is 38.7 Å². The zero-order valence-electron chi connectivity index (χ0n) is 11.4. The minimum absolute atomic E-state index is 0.184. The molecule has 1 aliphatic rings. The van der Waals surface area contributed by atoms with Crippen LogP contribution in [0.2, 0.25) is 0 Å². The van der Waals surface area contributed by atoms with Crippen LogP contribution in [0.15, 0.2) is 17.0 Å². The summed E-state index contributed by atoms with van der Waals surface area (Å²) in [5.74, 6) is -2.79. The zero-order chi connectivity index (χ0) is 15.7. The van der Waals surface area contributed by atoms with Gasteiger partial charge < -0.3 is 10.8 Å². The first-order valence-electron chi connectivity index (χ1n) is 6.69. The molecular weight excluding hydrogens is 302 g/mol. The number of nitrogens with two attached hydrogens (primary N) is 1. The van der Waals surface area contributed by atoms with Crippen LogP contribution in [0, 0.1) is 11.6 Å². The molecule has 118 valence electrons. The second kappa shape index (κ2) is 5.86. The second-order valence-corrected chi connectivity index (χ2v) is 7.07. The van der Waals surface area contributed by atoms with Gasteiger partial charge in [0, 0.05) is 5.69 Å². The highest BCUT2D eigenvalue weighted by molar-refractivity contribution is 7.89. The summed E-state index contributed by atoms with van der Waals surface area (Å²) in [5.41, 5.74) is 4.17. The minimum Gasteiger partial charge on any atom is -0.399 e. The molecular formula is C13H18F2N2O3S. The number of nitrogens with one attached hydrogen (secondary N) is 1. The van der Waals surface area contributed by atoms with Gasteiger partial charge in [0.05, 0.1) is 12.1 Å². The fourth-order valence-corrected chi connectivity index (χ4v) is 4.21. The van der Waals surface area contributed by atoms with Crippen molar-refractivity contribution in [2.45, 2.75) is 42.5 Å². The number of aliphatic hydroxyl groups is 1. The van der Waals surface area contributed by atoms with Gasteiger partial charge in [0.1, 0.15) is 4.90 Å². The molecule has 0 saturated heterocycles. The van der Waals surface area contributed by atoms with Crippen molar-refractivity contribution in [1.82, 2.24) is 4.72 Å². The number of hydrogen-bond donors (Lipinski definition) is 3. The van der Waals surface area contributed by atoms with Crippen LogP contribution in [-0.2, 0) is 10.0 Å². The molecule has 1 saturated carbocycles. The van der Waals surface area contributed by atoms with Crippen LogP contribution in [0.25, 0.3) is 0 Å². The maximum atomic E-state index is 13.7. The van der Waals surface area contributed by atoms with Crippen molar-refractivity contribution < 1.29 is 22.3 Å². The van der Waals surface area contributed by atoms with Crippen LogP contribution >= 0.6 is 0 Å². The molecule has 0 bridgehead atoms. The lowest BCUT2D eigenvalue weighted by Crippen LogP contribution is -2.52. The molecule has 5 nitrogen and oxygen atoms in total.